The first kappa shape index (κ1) is 13.4. The summed E-state index contributed by atoms with van der Waals surface area (Å²) in [7, 11) is 1.46. The summed E-state index contributed by atoms with van der Waals surface area (Å²) in [5.41, 5.74) is -0.127. The number of carboxylic acid groups (broad SMARTS) is 1. The molecule has 2 rings (SSSR count). The predicted octanol–water partition coefficient (Wildman–Crippen LogP) is 2.54. The van der Waals surface area contributed by atoms with E-state index in [0.717, 1.165) is 0 Å². The molecular weight excluding hydrogens is 220 g/mol. The molecule has 0 bridgehead atoms. The molecule has 17 heavy (non-hydrogen) atoms. The molecular formula is C13H18O4. The molecule has 0 unspecified atom stereocenters. The van der Waals surface area contributed by atoms with Gasteiger partial charge < -0.3 is 14.9 Å². The third kappa shape index (κ3) is 2.35. The van der Waals surface area contributed by atoms with Crippen molar-refractivity contribution in [3.63, 3.8) is 0 Å². The van der Waals surface area contributed by atoms with Gasteiger partial charge >= 0.3 is 5.97 Å². The zero-order valence-electron chi connectivity index (χ0n) is 10.4. The van der Waals surface area contributed by atoms with Crippen molar-refractivity contribution in [3.05, 3.63) is 23.8 Å². The number of carboxylic acids is 1. The summed E-state index contributed by atoms with van der Waals surface area (Å²) in [4.78, 5) is 11.0. The van der Waals surface area contributed by atoms with Crippen molar-refractivity contribution in [2.45, 2.75) is 32.1 Å². The van der Waals surface area contributed by atoms with Gasteiger partial charge in [0.05, 0.1) is 12.5 Å². The van der Waals surface area contributed by atoms with Crippen LogP contribution in [0, 0.1) is 0 Å². The van der Waals surface area contributed by atoms with Crippen molar-refractivity contribution in [2.24, 2.45) is 0 Å². The molecule has 0 saturated heterocycles. The molecule has 0 heterocycles. The van der Waals surface area contributed by atoms with Crippen molar-refractivity contribution in [2.75, 3.05) is 7.11 Å². The van der Waals surface area contributed by atoms with Crippen LogP contribution in [0.15, 0.2) is 18.2 Å². The Morgan fingerprint density at radius 1 is 1.35 bits per heavy atom. The molecule has 4 heteroatoms. The summed E-state index contributed by atoms with van der Waals surface area (Å²) in [6, 6.07) is 4.76. The predicted molar refractivity (Wildman–Crippen MR) is 64.6 cm³/mol. The van der Waals surface area contributed by atoms with E-state index in [1.807, 2.05) is 13.8 Å². The Labute approximate surface area is 101 Å². The van der Waals surface area contributed by atoms with E-state index in [-0.39, 0.29) is 5.75 Å². The van der Waals surface area contributed by atoms with Gasteiger partial charge in [-0.1, -0.05) is 19.9 Å². The first-order valence-corrected chi connectivity index (χ1v) is 5.71. The van der Waals surface area contributed by atoms with E-state index in [4.69, 9.17) is 9.84 Å². The van der Waals surface area contributed by atoms with Crippen LogP contribution in [0.5, 0.6) is 11.5 Å². The fourth-order valence-electron chi connectivity index (χ4n) is 1.74. The van der Waals surface area contributed by atoms with E-state index in [1.165, 1.54) is 13.2 Å². The molecule has 0 aromatic heterocycles. The molecule has 1 aromatic carbocycles. The number of phenols is 1. The van der Waals surface area contributed by atoms with Crippen LogP contribution in [0.3, 0.4) is 0 Å². The molecule has 1 saturated carbocycles. The second-order valence-electron chi connectivity index (χ2n) is 3.77. The van der Waals surface area contributed by atoms with E-state index in [1.54, 1.807) is 12.1 Å². The number of hydrogen-bond donors (Lipinski definition) is 2. The Hall–Kier alpha value is -1.71. The number of aliphatic carboxylic acids is 1. The number of benzene rings is 1. The zero-order valence-corrected chi connectivity index (χ0v) is 10.4. The van der Waals surface area contributed by atoms with Gasteiger partial charge in [0.2, 0.25) is 0 Å². The number of rotatable bonds is 3. The van der Waals surface area contributed by atoms with Crippen LogP contribution in [0.25, 0.3) is 0 Å². The summed E-state index contributed by atoms with van der Waals surface area (Å²) in [5.74, 6) is -0.477. The standard InChI is InChI=1S/C11H12O4.C2H6/c1-15-9-3-2-7(6-8(9)12)11(4-5-11)10(13)14;1-2/h2-3,6,12H,4-5H2,1H3,(H,13,14);1-2H3. The minimum absolute atomic E-state index is 0.0116. The molecule has 0 spiro atoms. The van der Waals surface area contributed by atoms with Gasteiger partial charge in [0.15, 0.2) is 11.5 Å². The molecule has 1 aliphatic carbocycles. The number of phenolic OH excluding ortho intramolecular Hbond substituents is 1. The van der Waals surface area contributed by atoms with Gasteiger partial charge in [-0.25, -0.2) is 0 Å². The topological polar surface area (TPSA) is 66.8 Å². The number of hydrogen-bond acceptors (Lipinski definition) is 3. The van der Waals surface area contributed by atoms with Crippen LogP contribution in [0.2, 0.25) is 0 Å². The van der Waals surface area contributed by atoms with Crippen molar-refractivity contribution >= 4 is 5.97 Å². The second kappa shape index (κ2) is 5.08. The second-order valence-corrected chi connectivity index (χ2v) is 3.77. The van der Waals surface area contributed by atoms with Gasteiger partial charge in [0.25, 0.3) is 0 Å². The zero-order chi connectivity index (χ0) is 13.1. The first-order chi connectivity index (χ1) is 8.10. The number of methoxy groups -OCH3 is 1. The molecule has 1 fully saturated rings. The monoisotopic (exact) mass is 238 g/mol. The Bertz CT molecular complexity index is 408. The highest BCUT2D eigenvalue weighted by Crippen LogP contribution is 2.49. The number of aromatic hydroxyl groups is 1. The van der Waals surface area contributed by atoms with E-state index < -0.39 is 11.4 Å². The average Bonchev–Trinajstić information content (AvgIpc) is 3.13. The molecule has 2 N–H and O–H groups in total. The third-order valence-corrected chi connectivity index (χ3v) is 2.89. The van der Waals surface area contributed by atoms with Crippen molar-refractivity contribution < 1.29 is 19.7 Å². The molecule has 0 atom stereocenters. The lowest BCUT2D eigenvalue weighted by atomic mass is 9.96. The van der Waals surface area contributed by atoms with Gasteiger partial charge in [0.1, 0.15) is 0 Å². The third-order valence-electron chi connectivity index (χ3n) is 2.89. The number of carbonyl (C=O) groups is 1. The first-order valence-electron chi connectivity index (χ1n) is 5.71. The van der Waals surface area contributed by atoms with Crippen molar-refractivity contribution in [1.82, 2.24) is 0 Å². The van der Waals surface area contributed by atoms with E-state index >= 15 is 0 Å². The summed E-state index contributed by atoms with van der Waals surface area (Å²) >= 11 is 0. The van der Waals surface area contributed by atoms with Crippen LogP contribution in [0.1, 0.15) is 32.3 Å². The van der Waals surface area contributed by atoms with Gasteiger partial charge in [0, 0.05) is 0 Å². The Morgan fingerprint density at radius 3 is 2.29 bits per heavy atom. The largest absolute Gasteiger partial charge is 0.504 e. The lowest BCUT2D eigenvalue weighted by Gasteiger charge is -2.11. The van der Waals surface area contributed by atoms with E-state index in [2.05, 4.69) is 0 Å². The molecule has 1 aromatic rings. The summed E-state index contributed by atoms with van der Waals surface area (Å²) < 4.78 is 4.90. The van der Waals surface area contributed by atoms with Crippen LogP contribution in [-0.2, 0) is 10.2 Å². The van der Waals surface area contributed by atoms with E-state index in [0.29, 0.717) is 24.2 Å². The smallest absolute Gasteiger partial charge is 0.314 e. The van der Waals surface area contributed by atoms with Crippen molar-refractivity contribution in [3.8, 4) is 11.5 Å². The van der Waals surface area contributed by atoms with Gasteiger partial charge in [-0.3, -0.25) is 4.79 Å². The lowest BCUT2D eigenvalue weighted by Crippen LogP contribution is -2.19. The minimum atomic E-state index is -0.827. The lowest BCUT2D eigenvalue weighted by molar-refractivity contribution is -0.140. The van der Waals surface area contributed by atoms with Crippen molar-refractivity contribution in [1.29, 1.82) is 0 Å². The SMILES string of the molecule is CC.COc1ccc(C2(C(=O)O)CC2)cc1O. The fraction of sp³-hybridized carbons (Fsp3) is 0.462. The van der Waals surface area contributed by atoms with Gasteiger partial charge in [-0.15, -0.1) is 0 Å². The Kier molecular flexibility index (Phi) is 3.99. The molecule has 0 amide bonds. The van der Waals surface area contributed by atoms with E-state index in [9.17, 15) is 9.90 Å². The highest BCUT2D eigenvalue weighted by molar-refractivity contribution is 5.85. The fourth-order valence-corrected chi connectivity index (χ4v) is 1.74. The van der Waals surface area contributed by atoms with Crippen LogP contribution < -0.4 is 4.74 Å². The normalized spacial score (nSPS) is 15.5. The molecule has 4 nitrogen and oxygen atoms in total. The maximum atomic E-state index is 11.0. The molecule has 0 radical (unpaired) electrons. The summed E-state index contributed by atoms with van der Waals surface area (Å²) in [5, 5.41) is 18.6. The molecule has 0 aliphatic heterocycles. The molecule has 94 valence electrons. The number of ether oxygens (including phenoxy) is 1. The van der Waals surface area contributed by atoms with Gasteiger partial charge in [-0.05, 0) is 30.5 Å². The highest BCUT2D eigenvalue weighted by atomic mass is 16.5. The average molecular weight is 238 g/mol. The minimum Gasteiger partial charge on any atom is -0.504 e. The Balaban J connectivity index is 0.000000686. The van der Waals surface area contributed by atoms with Crippen LogP contribution in [0.4, 0.5) is 0 Å². The van der Waals surface area contributed by atoms with Crippen LogP contribution >= 0.6 is 0 Å². The quantitative estimate of drug-likeness (QED) is 0.849. The summed E-state index contributed by atoms with van der Waals surface area (Å²) in [6.45, 7) is 4.00. The summed E-state index contributed by atoms with van der Waals surface area (Å²) in [6.07, 6.45) is 1.27. The maximum Gasteiger partial charge on any atom is 0.314 e. The Morgan fingerprint density at radius 2 is 1.94 bits per heavy atom. The van der Waals surface area contributed by atoms with Gasteiger partial charge in [-0.2, -0.15) is 0 Å². The molecule has 1 aliphatic rings. The van der Waals surface area contributed by atoms with Crippen LogP contribution in [-0.4, -0.2) is 23.3 Å². The maximum absolute atomic E-state index is 11.0. The highest BCUT2D eigenvalue weighted by Gasteiger charge is 2.51.